The van der Waals surface area contributed by atoms with Crippen molar-refractivity contribution in [1.82, 2.24) is 4.98 Å². The van der Waals surface area contributed by atoms with Crippen molar-refractivity contribution in [3.63, 3.8) is 0 Å². The summed E-state index contributed by atoms with van der Waals surface area (Å²) in [4.78, 5) is 16.4. The Bertz CT molecular complexity index is 760. The molecule has 0 aliphatic carbocycles. The third-order valence-corrected chi connectivity index (χ3v) is 3.35. The second kappa shape index (κ2) is 6.96. The first-order valence-electron chi connectivity index (χ1n) is 7.62. The second-order valence-corrected chi connectivity index (χ2v) is 5.08. The van der Waals surface area contributed by atoms with E-state index in [1.807, 2.05) is 55.5 Å². The van der Waals surface area contributed by atoms with E-state index in [1.54, 1.807) is 0 Å². The van der Waals surface area contributed by atoms with Gasteiger partial charge in [0.15, 0.2) is 11.5 Å². The molecule has 0 aliphatic rings. The van der Waals surface area contributed by atoms with Gasteiger partial charge in [-0.15, -0.1) is 0 Å². The summed E-state index contributed by atoms with van der Waals surface area (Å²) in [7, 11) is 0. The van der Waals surface area contributed by atoms with Crippen molar-refractivity contribution in [2.75, 3.05) is 11.9 Å². The van der Waals surface area contributed by atoms with E-state index in [2.05, 4.69) is 10.3 Å². The molecule has 1 amide bonds. The van der Waals surface area contributed by atoms with E-state index in [-0.39, 0.29) is 5.91 Å². The van der Waals surface area contributed by atoms with Crippen LogP contribution in [0.1, 0.15) is 19.2 Å². The zero-order valence-corrected chi connectivity index (χ0v) is 12.9. The lowest BCUT2D eigenvalue weighted by Gasteiger charge is -2.06. The molecule has 0 spiro atoms. The van der Waals surface area contributed by atoms with Crippen molar-refractivity contribution in [2.24, 2.45) is 0 Å². The average molecular weight is 310 g/mol. The third kappa shape index (κ3) is 3.88. The zero-order valence-electron chi connectivity index (χ0n) is 12.9. The molecule has 0 saturated carbocycles. The van der Waals surface area contributed by atoms with Gasteiger partial charge in [-0.25, -0.2) is 4.98 Å². The molecule has 0 saturated heterocycles. The topological polar surface area (TPSA) is 64.4 Å². The van der Waals surface area contributed by atoms with Crippen LogP contribution in [-0.2, 0) is 11.2 Å². The number of rotatable bonds is 6. The Hall–Kier alpha value is -2.82. The van der Waals surface area contributed by atoms with Crippen molar-refractivity contribution in [3.8, 4) is 5.75 Å². The normalized spacial score (nSPS) is 10.7. The van der Waals surface area contributed by atoms with Gasteiger partial charge in [-0.1, -0.05) is 12.1 Å². The Morgan fingerprint density at radius 3 is 2.70 bits per heavy atom. The maximum absolute atomic E-state index is 12.0. The summed E-state index contributed by atoms with van der Waals surface area (Å²) in [5.41, 5.74) is 2.31. The molecule has 0 atom stereocenters. The molecule has 3 rings (SSSR count). The van der Waals surface area contributed by atoms with Crippen LogP contribution in [0.4, 0.5) is 5.69 Å². The van der Waals surface area contributed by atoms with Gasteiger partial charge in [-0.3, -0.25) is 4.79 Å². The number of benzene rings is 2. The van der Waals surface area contributed by atoms with Crippen LogP contribution in [0.5, 0.6) is 5.75 Å². The fourth-order valence-electron chi connectivity index (χ4n) is 2.27. The first-order valence-corrected chi connectivity index (χ1v) is 7.62. The van der Waals surface area contributed by atoms with Gasteiger partial charge in [0.1, 0.15) is 11.3 Å². The fourth-order valence-corrected chi connectivity index (χ4v) is 2.27. The Balaban J connectivity index is 1.54. The largest absolute Gasteiger partial charge is 0.494 e. The zero-order chi connectivity index (χ0) is 16.1. The Labute approximate surface area is 134 Å². The minimum atomic E-state index is -0.0728. The minimum absolute atomic E-state index is 0.0728. The molecule has 0 bridgehead atoms. The highest BCUT2D eigenvalue weighted by molar-refractivity contribution is 5.90. The van der Waals surface area contributed by atoms with Crippen molar-refractivity contribution < 1.29 is 13.9 Å². The molecule has 2 aromatic carbocycles. The molecular weight excluding hydrogens is 292 g/mol. The van der Waals surface area contributed by atoms with Crippen LogP contribution < -0.4 is 10.1 Å². The van der Waals surface area contributed by atoms with Crippen LogP contribution in [0.25, 0.3) is 11.1 Å². The van der Waals surface area contributed by atoms with E-state index in [1.165, 1.54) is 0 Å². The molecule has 1 N–H and O–H groups in total. The number of anilines is 1. The third-order valence-electron chi connectivity index (χ3n) is 3.35. The van der Waals surface area contributed by atoms with Crippen molar-refractivity contribution in [2.45, 2.75) is 19.8 Å². The molecule has 0 aliphatic heterocycles. The Kier molecular flexibility index (Phi) is 4.57. The first-order chi connectivity index (χ1) is 11.2. The van der Waals surface area contributed by atoms with Crippen LogP contribution >= 0.6 is 0 Å². The number of nitrogens with zero attached hydrogens (tertiary/aromatic N) is 1. The predicted octanol–water partition coefficient (Wildman–Crippen LogP) is 3.80. The van der Waals surface area contributed by atoms with Crippen LogP contribution in [0.15, 0.2) is 52.9 Å². The van der Waals surface area contributed by atoms with Crippen molar-refractivity contribution >= 4 is 22.7 Å². The summed E-state index contributed by atoms with van der Waals surface area (Å²) in [6.07, 6.45) is 0.789. The number of carbonyl (C=O) groups excluding carboxylic acids is 1. The van der Waals surface area contributed by atoms with Gasteiger partial charge in [-0.05, 0) is 43.3 Å². The summed E-state index contributed by atoms with van der Waals surface area (Å²) in [6.45, 7) is 2.55. The molecule has 0 fully saturated rings. The minimum Gasteiger partial charge on any atom is -0.494 e. The van der Waals surface area contributed by atoms with Gasteiger partial charge >= 0.3 is 0 Å². The van der Waals surface area contributed by atoms with E-state index in [0.717, 1.165) is 22.5 Å². The fraction of sp³-hybridized carbons (Fsp3) is 0.222. The lowest BCUT2D eigenvalue weighted by molar-refractivity contribution is -0.116. The number of aromatic nitrogens is 1. The SMILES string of the molecule is CCOc1ccc(NC(=O)CCc2nc3ccccc3o2)cc1. The van der Waals surface area contributed by atoms with Crippen molar-refractivity contribution in [3.05, 3.63) is 54.4 Å². The molecule has 5 heteroatoms. The van der Waals surface area contributed by atoms with E-state index in [9.17, 15) is 4.79 Å². The molecule has 118 valence electrons. The number of hydrogen-bond acceptors (Lipinski definition) is 4. The van der Waals surface area contributed by atoms with Crippen LogP contribution in [0.2, 0.25) is 0 Å². The monoisotopic (exact) mass is 310 g/mol. The molecule has 1 heterocycles. The lowest BCUT2D eigenvalue weighted by atomic mass is 10.2. The maximum atomic E-state index is 12.0. The molecule has 0 unspecified atom stereocenters. The first kappa shape index (κ1) is 15.1. The standard InChI is InChI=1S/C18H18N2O3/c1-2-22-14-9-7-13(8-10-14)19-17(21)11-12-18-20-15-5-3-4-6-16(15)23-18/h3-10H,2,11-12H2,1H3,(H,19,21). The number of carbonyl (C=O) groups is 1. The Morgan fingerprint density at radius 1 is 1.17 bits per heavy atom. The highest BCUT2D eigenvalue weighted by Crippen LogP contribution is 2.17. The average Bonchev–Trinajstić information content (AvgIpc) is 2.98. The summed E-state index contributed by atoms with van der Waals surface area (Å²) in [5, 5.41) is 2.85. The number of aryl methyl sites for hydroxylation is 1. The van der Waals surface area contributed by atoms with Crippen LogP contribution in [-0.4, -0.2) is 17.5 Å². The quantitative estimate of drug-likeness (QED) is 0.752. The lowest BCUT2D eigenvalue weighted by Crippen LogP contribution is -2.12. The number of nitrogens with one attached hydrogen (secondary N) is 1. The van der Waals surface area contributed by atoms with Crippen LogP contribution in [0, 0.1) is 0 Å². The van der Waals surface area contributed by atoms with Gasteiger partial charge in [-0.2, -0.15) is 0 Å². The molecule has 5 nitrogen and oxygen atoms in total. The van der Waals surface area contributed by atoms with E-state index >= 15 is 0 Å². The van der Waals surface area contributed by atoms with Gasteiger partial charge in [0.25, 0.3) is 0 Å². The smallest absolute Gasteiger partial charge is 0.224 e. The van der Waals surface area contributed by atoms with Gasteiger partial charge in [0.2, 0.25) is 5.91 Å². The van der Waals surface area contributed by atoms with E-state index in [0.29, 0.717) is 25.3 Å². The summed E-state index contributed by atoms with van der Waals surface area (Å²) in [5.74, 6) is 1.29. The Morgan fingerprint density at radius 2 is 1.96 bits per heavy atom. The van der Waals surface area contributed by atoms with Gasteiger partial charge in [0, 0.05) is 18.5 Å². The number of fused-ring (bicyclic) bond motifs is 1. The van der Waals surface area contributed by atoms with Crippen molar-refractivity contribution in [1.29, 1.82) is 0 Å². The summed E-state index contributed by atoms with van der Waals surface area (Å²) < 4.78 is 11.0. The number of para-hydroxylation sites is 2. The maximum Gasteiger partial charge on any atom is 0.224 e. The predicted molar refractivity (Wildman–Crippen MR) is 88.6 cm³/mol. The number of amides is 1. The molecular formula is C18H18N2O3. The molecule has 0 radical (unpaired) electrons. The van der Waals surface area contributed by atoms with Gasteiger partial charge < -0.3 is 14.5 Å². The summed E-state index contributed by atoms with van der Waals surface area (Å²) >= 11 is 0. The molecule has 1 aromatic heterocycles. The van der Waals surface area contributed by atoms with Crippen LogP contribution in [0.3, 0.4) is 0 Å². The van der Waals surface area contributed by atoms with E-state index < -0.39 is 0 Å². The van der Waals surface area contributed by atoms with Gasteiger partial charge in [0.05, 0.1) is 6.61 Å². The highest BCUT2D eigenvalue weighted by atomic mass is 16.5. The number of ether oxygens (including phenoxy) is 1. The number of hydrogen-bond donors (Lipinski definition) is 1. The summed E-state index contributed by atoms with van der Waals surface area (Å²) in [6, 6.07) is 14.9. The second-order valence-electron chi connectivity index (χ2n) is 5.08. The highest BCUT2D eigenvalue weighted by Gasteiger charge is 2.08. The number of oxazole rings is 1. The molecule has 3 aromatic rings. The molecule has 23 heavy (non-hydrogen) atoms. The van der Waals surface area contributed by atoms with E-state index in [4.69, 9.17) is 9.15 Å².